The van der Waals surface area contributed by atoms with Crippen molar-refractivity contribution < 1.29 is 27.5 Å². The van der Waals surface area contributed by atoms with Crippen molar-refractivity contribution in [1.29, 1.82) is 0 Å². The normalized spacial score (nSPS) is 11.9. The molecule has 2 amide bonds. The van der Waals surface area contributed by atoms with Gasteiger partial charge in [0, 0.05) is 24.2 Å². The Morgan fingerprint density at radius 2 is 1.63 bits per heavy atom. The summed E-state index contributed by atoms with van der Waals surface area (Å²) < 4.78 is 39.7. The van der Waals surface area contributed by atoms with Gasteiger partial charge in [-0.2, -0.15) is 0 Å². The average Bonchev–Trinajstić information content (AvgIpc) is 2.97. The van der Waals surface area contributed by atoms with Gasteiger partial charge in [-0.3, -0.25) is 13.9 Å². The first-order valence-electron chi connectivity index (χ1n) is 13.2. The number of halogens is 1. The van der Waals surface area contributed by atoms with Crippen molar-refractivity contribution >= 4 is 39.1 Å². The molecule has 3 rings (SSSR count). The van der Waals surface area contributed by atoms with E-state index in [2.05, 4.69) is 5.32 Å². The largest absolute Gasteiger partial charge is 0.493 e. The number of hydrogen-bond donors (Lipinski definition) is 1. The molecular weight excluding hydrogens is 566 g/mol. The van der Waals surface area contributed by atoms with E-state index in [1.807, 2.05) is 38.1 Å². The fourth-order valence-electron chi connectivity index (χ4n) is 4.19. The molecule has 1 N–H and O–H groups in total. The van der Waals surface area contributed by atoms with Crippen LogP contribution in [0.25, 0.3) is 0 Å². The van der Waals surface area contributed by atoms with E-state index in [4.69, 9.17) is 21.1 Å². The highest BCUT2D eigenvalue weighted by Gasteiger charge is 2.33. The monoisotopic (exact) mass is 601 g/mol. The molecule has 0 aliphatic carbocycles. The number of sulfonamides is 1. The zero-order valence-corrected chi connectivity index (χ0v) is 25.5. The van der Waals surface area contributed by atoms with Crippen molar-refractivity contribution in [3.63, 3.8) is 0 Å². The highest BCUT2D eigenvalue weighted by atomic mass is 35.5. The minimum atomic E-state index is -4.29. The van der Waals surface area contributed by atoms with Crippen LogP contribution in [0.15, 0.2) is 71.6 Å². The van der Waals surface area contributed by atoms with Crippen LogP contribution in [0.5, 0.6) is 11.5 Å². The number of nitrogens with zero attached hydrogens (tertiary/aromatic N) is 2. The van der Waals surface area contributed by atoms with Crippen LogP contribution in [0.1, 0.15) is 31.4 Å². The number of rotatable bonds is 13. The van der Waals surface area contributed by atoms with Gasteiger partial charge in [0.25, 0.3) is 10.0 Å². The van der Waals surface area contributed by atoms with Gasteiger partial charge in [0.05, 0.1) is 24.8 Å². The van der Waals surface area contributed by atoms with Crippen LogP contribution in [0.4, 0.5) is 5.69 Å². The Balaban J connectivity index is 2.07. The molecule has 0 aliphatic rings. The summed E-state index contributed by atoms with van der Waals surface area (Å²) in [5.41, 5.74) is 2.02. The van der Waals surface area contributed by atoms with Gasteiger partial charge in [-0.1, -0.05) is 42.8 Å². The molecule has 0 fully saturated rings. The minimum absolute atomic E-state index is 0.0999. The number of carbonyl (C=O) groups excluding carboxylic acids is 2. The summed E-state index contributed by atoms with van der Waals surface area (Å²) in [7, 11) is -1.43. The van der Waals surface area contributed by atoms with Crippen LogP contribution < -0.4 is 19.1 Å². The number of carbonyl (C=O) groups is 2. The van der Waals surface area contributed by atoms with Gasteiger partial charge >= 0.3 is 0 Å². The Bertz CT molecular complexity index is 1460. The van der Waals surface area contributed by atoms with Gasteiger partial charge < -0.3 is 19.7 Å². The molecule has 11 heteroatoms. The first kappa shape index (κ1) is 31.8. The van der Waals surface area contributed by atoms with E-state index < -0.39 is 28.5 Å². The zero-order valence-electron chi connectivity index (χ0n) is 23.9. The SMILES string of the molecule is CCCNC(=O)[C@@H](C)N(Cc1ccccc1C)C(=O)CN(c1ccc(Cl)cc1)S(=O)(=O)c1ccc(OC)c(OC)c1. The number of nitrogens with one attached hydrogen (secondary N) is 1. The molecule has 0 aromatic heterocycles. The Labute approximate surface area is 247 Å². The van der Waals surface area contributed by atoms with Gasteiger partial charge in [0.1, 0.15) is 12.6 Å². The third-order valence-electron chi connectivity index (χ3n) is 6.65. The maximum Gasteiger partial charge on any atom is 0.264 e. The summed E-state index contributed by atoms with van der Waals surface area (Å²) in [5.74, 6) is -0.295. The quantitative estimate of drug-likeness (QED) is 0.302. The lowest BCUT2D eigenvalue weighted by molar-refractivity contribution is -0.139. The maximum atomic E-state index is 14.0. The predicted octanol–water partition coefficient (Wildman–Crippen LogP) is 4.80. The van der Waals surface area contributed by atoms with E-state index in [9.17, 15) is 18.0 Å². The second-order valence-corrected chi connectivity index (χ2v) is 11.7. The number of amides is 2. The van der Waals surface area contributed by atoms with Crippen LogP contribution in [0, 0.1) is 6.92 Å². The summed E-state index contributed by atoms with van der Waals surface area (Å²) in [6, 6.07) is 17.0. The fraction of sp³-hybridized carbons (Fsp3) is 0.333. The summed E-state index contributed by atoms with van der Waals surface area (Å²) in [4.78, 5) is 28.3. The van der Waals surface area contributed by atoms with E-state index in [0.29, 0.717) is 17.3 Å². The lowest BCUT2D eigenvalue weighted by atomic mass is 10.1. The molecule has 0 bridgehead atoms. The molecule has 0 unspecified atom stereocenters. The molecule has 1 atom stereocenters. The summed E-state index contributed by atoms with van der Waals surface area (Å²) in [6.45, 7) is 5.51. The van der Waals surface area contributed by atoms with Crippen molar-refractivity contribution in [3.05, 3.63) is 82.9 Å². The Morgan fingerprint density at radius 3 is 2.24 bits per heavy atom. The third-order valence-corrected chi connectivity index (χ3v) is 8.68. The molecule has 220 valence electrons. The van der Waals surface area contributed by atoms with Gasteiger partial charge in [-0.05, 0) is 67.8 Å². The smallest absolute Gasteiger partial charge is 0.264 e. The summed E-state index contributed by atoms with van der Waals surface area (Å²) in [6.07, 6.45) is 0.734. The number of benzene rings is 3. The number of hydrogen-bond acceptors (Lipinski definition) is 6. The van der Waals surface area contributed by atoms with Crippen LogP contribution in [-0.4, -0.2) is 58.5 Å². The molecule has 0 aliphatic heterocycles. The number of ether oxygens (including phenoxy) is 2. The van der Waals surface area contributed by atoms with Crippen LogP contribution in [0.3, 0.4) is 0 Å². The van der Waals surface area contributed by atoms with Gasteiger partial charge in [-0.25, -0.2) is 8.42 Å². The number of anilines is 1. The van der Waals surface area contributed by atoms with E-state index in [-0.39, 0.29) is 28.8 Å². The fourth-order valence-corrected chi connectivity index (χ4v) is 5.75. The second kappa shape index (κ2) is 14.2. The molecule has 0 spiro atoms. The van der Waals surface area contributed by atoms with E-state index in [1.54, 1.807) is 19.1 Å². The van der Waals surface area contributed by atoms with E-state index in [0.717, 1.165) is 21.9 Å². The van der Waals surface area contributed by atoms with Gasteiger partial charge in [0.2, 0.25) is 11.8 Å². The molecule has 3 aromatic carbocycles. The first-order chi connectivity index (χ1) is 19.5. The summed E-state index contributed by atoms with van der Waals surface area (Å²) in [5, 5.41) is 3.24. The Hall–Kier alpha value is -3.76. The average molecular weight is 602 g/mol. The highest BCUT2D eigenvalue weighted by Crippen LogP contribution is 2.32. The van der Waals surface area contributed by atoms with Crippen molar-refractivity contribution in [2.75, 3.05) is 31.6 Å². The van der Waals surface area contributed by atoms with Crippen molar-refractivity contribution in [1.82, 2.24) is 10.2 Å². The Kier molecular flexibility index (Phi) is 11.0. The maximum absolute atomic E-state index is 14.0. The first-order valence-corrected chi connectivity index (χ1v) is 15.0. The van der Waals surface area contributed by atoms with E-state index in [1.165, 1.54) is 49.5 Å². The number of methoxy groups -OCH3 is 2. The van der Waals surface area contributed by atoms with Gasteiger partial charge in [0.15, 0.2) is 11.5 Å². The molecule has 0 radical (unpaired) electrons. The zero-order chi connectivity index (χ0) is 30.2. The molecule has 41 heavy (non-hydrogen) atoms. The minimum Gasteiger partial charge on any atom is -0.493 e. The molecule has 0 heterocycles. The standard InChI is InChI=1S/C30H36ClN3O6S/c1-6-17-32-30(36)22(3)33(19-23-10-8-7-9-21(23)2)29(35)20-34(25-13-11-24(31)12-14-25)41(37,38)26-15-16-27(39-4)28(18-26)40-5/h7-16,18,22H,6,17,19-20H2,1-5H3,(H,32,36)/t22-/m1/s1. The lowest BCUT2D eigenvalue weighted by Gasteiger charge is -2.32. The van der Waals surface area contributed by atoms with Crippen molar-refractivity contribution in [2.45, 2.75) is 44.7 Å². The van der Waals surface area contributed by atoms with Gasteiger partial charge in [-0.15, -0.1) is 0 Å². The molecule has 0 saturated carbocycles. The predicted molar refractivity (Wildman–Crippen MR) is 160 cm³/mol. The van der Waals surface area contributed by atoms with Crippen LogP contribution in [0.2, 0.25) is 5.02 Å². The number of aryl methyl sites for hydroxylation is 1. The second-order valence-electron chi connectivity index (χ2n) is 9.42. The molecule has 0 saturated heterocycles. The summed E-state index contributed by atoms with van der Waals surface area (Å²) >= 11 is 6.08. The third kappa shape index (κ3) is 7.71. The van der Waals surface area contributed by atoms with Crippen LogP contribution in [-0.2, 0) is 26.2 Å². The molecule has 9 nitrogen and oxygen atoms in total. The van der Waals surface area contributed by atoms with Crippen molar-refractivity contribution in [3.8, 4) is 11.5 Å². The Morgan fingerprint density at radius 1 is 0.976 bits per heavy atom. The van der Waals surface area contributed by atoms with E-state index >= 15 is 0 Å². The highest BCUT2D eigenvalue weighted by molar-refractivity contribution is 7.92. The van der Waals surface area contributed by atoms with Crippen molar-refractivity contribution in [2.24, 2.45) is 0 Å². The van der Waals surface area contributed by atoms with Crippen LogP contribution >= 0.6 is 11.6 Å². The molecular formula is C30H36ClN3O6S. The lowest BCUT2D eigenvalue weighted by Crippen LogP contribution is -2.51. The molecule has 3 aromatic rings. The topological polar surface area (TPSA) is 105 Å².